The van der Waals surface area contributed by atoms with E-state index in [-0.39, 0.29) is 6.04 Å². The Bertz CT molecular complexity index is 383. The van der Waals surface area contributed by atoms with Gasteiger partial charge in [0, 0.05) is 25.7 Å². The first kappa shape index (κ1) is 11.9. The highest BCUT2D eigenvalue weighted by atomic mass is 16.4. The van der Waals surface area contributed by atoms with Crippen LogP contribution < -0.4 is 10.3 Å². The molecule has 0 bridgehead atoms. The third-order valence-electron chi connectivity index (χ3n) is 2.91. The number of hydrogen-bond donors (Lipinski definition) is 2. The summed E-state index contributed by atoms with van der Waals surface area (Å²) in [6.07, 6.45) is -0.940. The highest BCUT2D eigenvalue weighted by Gasteiger charge is 2.28. The van der Waals surface area contributed by atoms with E-state index < -0.39 is 6.09 Å². The number of benzene rings is 1. The lowest BCUT2D eigenvalue weighted by atomic mass is 10.2. The molecule has 0 aromatic heterocycles. The van der Waals surface area contributed by atoms with Crippen LogP contribution in [0.4, 0.5) is 10.5 Å². The maximum atomic E-state index is 11.4. The van der Waals surface area contributed by atoms with Crippen molar-refractivity contribution >= 4 is 11.8 Å². The Balaban J connectivity index is 2.26. The maximum Gasteiger partial charge on any atom is 0.426 e. The molecule has 0 spiro atoms. The Morgan fingerprint density at radius 3 is 2.76 bits per heavy atom. The average Bonchev–Trinajstić information content (AvgIpc) is 2.33. The van der Waals surface area contributed by atoms with Crippen LogP contribution in [0.25, 0.3) is 0 Å². The van der Waals surface area contributed by atoms with Crippen LogP contribution >= 0.6 is 0 Å². The van der Waals surface area contributed by atoms with E-state index in [1.807, 2.05) is 42.3 Å². The molecule has 92 valence electrons. The molecule has 1 aliphatic heterocycles. The Hall–Kier alpha value is -1.59. The highest BCUT2D eigenvalue weighted by Crippen LogP contribution is 2.19. The van der Waals surface area contributed by atoms with Crippen LogP contribution in [0.5, 0.6) is 0 Å². The number of carbonyl (C=O) groups is 1. The molecule has 1 fully saturated rings. The summed E-state index contributed by atoms with van der Waals surface area (Å²) in [7, 11) is 0. The van der Waals surface area contributed by atoms with Crippen molar-refractivity contribution in [1.82, 2.24) is 10.3 Å². The monoisotopic (exact) mass is 235 g/mol. The van der Waals surface area contributed by atoms with Gasteiger partial charge in [-0.2, -0.15) is 0 Å². The summed E-state index contributed by atoms with van der Waals surface area (Å²) in [6.45, 7) is 4.32. The molecule has 5 nitrogen and oxygen atoms in total. The standard InChI is InChI=1S/C12H17N3O2/c1-10-9-13-7-8-14(10)15(12(16)17)11-5-3-2-4-6-11/h2-6,10,13H,7-9H2,1H3,(H,16,17). The number of hydrogen-bond acceptors (Lipinski definition) is 3. The first-order chi connectivity index (χ1) is 8.20. The Kier molecular flexibility index (Phi) is 3.61. The van der Waals surface area contributed by atoms with Crippen molar-refractivity contribution in [3.63, 3.8) is 0 Å². The van der Waals surface area contributed by atoms with Crippen LogP contribution in [0.1, 0.15) is 6.92 Å². The van der Waals surface area contributed by atoms with E-state index in [0.717, 1.165) is 13.1 Å². The molecule has 2 rings (SSSR count). The van der Waals surface area contributed by atoms with Crippen LogP contribution in [0.2, 0.25) is 0 Å². The van der Waals surface area contributed by atoms with Crippen molar-refractivity contribution in [3.8, 4) is 0 Å². The highest BCUT2D eigenvalue weighted by molar-refractivity contribution is 5.84. The lowest BCUT2D eigenvalue weighted by Gasteiger charge is -2.40. The molecule has 1 aromatic rings. The zero-order valence-corrected chi connectivity index (χ0v) is 9.84. The number of nitrogens with one attached hydrogen (secondary N) is 1. The van der Waals surface area contributed by atoms with Gasteiger partial charge in [-0.25, -0.2) is 14.8 Å². The van der Waals surface area contributed by atoms with E-state index >= 15 is 0 Å². The van der Waals surface area contributed by atoms with E-state index in [1.165, 1.54) is 5.01 Å². The molecule has 5 heteroatoms. The molecule has 17 heavy (non-hydrogen) atoms. The van der Waals surface area contributed by atoms with E-state index in [2.05, 4.69) is 5.32 Å². The first-order valence-corrected chi connectivity index (χ1v) is 5.75. The predicted octanol–water partition coefficient (Wildman–Crippen LogP) is 1.38. The van der Waals surface area contributed by atoms with Crippen molar-refractivity contribution < 1.29 is 9.90 Å². The molecule has 1 saturated heterocycles. The number of carboxylic acid groups (broad SMARTS) is 1. The molecule has 1 heterocycles. The maximum absolute atomic E-state index is 11.4. The van der Waals surface area contributed by atoms with Crippen LogP contribution in [-0.4, -0.2) is 41.9 Å². The van der Waals surface area contributed by atoms with Gasteiger partial charge < -0.3 is 10.4 Å². The second kappa shape index (κ2) is 5.16. The van der Waals surface area contributed by atoms with Gasteiger partial charge in [-0.15, -0.1) is 0 Å². The minimum atomic E-state index is -0.940. The minimum absolute atomic E-state index is 0.167. The minimum Gasteiger partial charge on any atom is -0.464 e. The molecule has 2 N–H and O–H groups in total. The van der Waals surface area contributed by atoms with Crippen molar-refractivity contribution in [3.05, 3.63) is 30.3 Å². The van der Waals surface area contributed by atoms with Crippen LogP contribution in [0, 0.1) is 0 Å². The second-order valence-corrected chi connectivity index (χ2v) is 4.15. The molecule has 1 atom stereocenters. The van der Waals surface area contributed by atoms with Crippen molar-refractivity contribution in [2.45, 2.75) is 13.0 Å². The SMILES string of the molecule is CC1CNCCN1N(C(=O)O)c1ccccc1. The molecule has 0 radical (unpaired) electrons. The van der Waals surface area contributed by atoms with Crippen molar-refractivity contribution in [1.29, 1.82) is 0 Å². The number of piperazine rings is 1. The van der Waals surface area contributed by atoms with Crippen LogP contribution in [0.3, 0.4) is 0 Å². The van der Waals surface area contributed by atoms with Gasteiger partial charge in [0.1, 0.15) is 0 Å². The van der Waals surface area contributed by atoms with Gasteiger partial charge in [-0.05, 0) is 19.1 Å². The van der Waals surface area contributed by atoms with Gasteiger partial charge in [-0.3, -0.25) is 0 Å². The molecular weight excluding hydrogens is 218 g/mol. The summed E-state index contributed by atoms with van der Waals surface area (Å²) < 4.78 is 0. The summed E-state index contributed by atoms with van der Waals surface area (Å²) in [4.78, 5) is 11.4. The number of nitrogens with zero attached hydrogens (tertiary/aromatic N) is 2. The largest absolute Gasteiger partial charge is 0.464 e. The summed E-state index contributed by atoms with van der Waals surface area (Å²) in [5.74, 6) is 0. The first-order valence-electron chi connectivity index (χ1n) is 5.75. The second-order valence-electron chi connectivity index (χ2n) is 4.15. The Morgan fingerprint density at radius 2 is 2.18 bits per heavy atom. The number of para-hydroxylation sites is 1. The number of anilines is 1. The third kappa shape index (κ3) is 2.57. The van der Waals surface area contributed by atoms with Crippen LogP contribution in [0.15, 0.2) is 30.3 Å². The molecular formula is C12H17N3O2. The van der Waals surface area contributed by atoms with E-state index in [4.69, 9.17) is 0 Å². The van der Waals surface area contributed by atoms with Gasteiger partial charge in [-0.1, -0.05) is 18.2 Å². The summed E-state index contributed by atoms with van der Waals surface area (Å²) in [5.41, 5.74) is 0.689. The topological polar surface area (TPSA) is 55.8 Å². The molecule has 0 aliphatic carbocycles. The molecule has 0 saturated carbocycles. The Morgan fingerprint density at radius 1 is 1.47 bits per heavy atom. The average molecular weight is 235 g/mol. The normalized spacial score (nSPS) is 21.1. The summed E-state index contributed by atoms with van der Waals surface area (Å²) in [6, 6.07) is 9.35. The predicted molar refractivity (Wildman–Crippen MR) is 66.0 cm³/mol. The van der Waals surface area contributed by atoms with Gasteiger partial charge in [0.05, 0.1) is 5.69 Å². The fraction of sp³-hybridized carbons (Fsp3) is 0.417. The molecule has 1 unspecified atom stereocenters. The van der Waals surface area contributed by atoms with Gasteiger partial charge >= 0.3 is 6.09 Å². The number of hydrazine groups is 1. The Labute approximate surface area is 101 Å². The van der Waals surface area contributed by atoms with Crippen molar-refractivity contribution in [2.24, 2.45) is 0 Å². The summed E-state index contributed by atoms with van der Waals surface area (Å²) in [5, 5.41) is 15.8. The zero-order chi connectivity index (χ0) is 12.3. The van der Waals surface area contributed by atoms with E-state index in [0.29, 0.717) is 12.2 Å². The fourth-order valence-corrected chi connectivity index (χ4v) is 2.07. The quantitative estimate of drug-likeness (QED) is 0.813. The lowest BCUT2D eigenvalue weighted by Crippen LogP contribution is -2.59. The van der Waals surface area contributed by atoms with Gasteiger partial charge in [0.25, 0.3) is 0 Å². The van der Waals surface area contributed by atoms with Crippen molar-refractivity contribution in [2.75, 3.05) is 24.6 Å². The molecule has 1 aliphatic rings. The van der Waals surface area contributed by atoms with E-state index in [1.54, 1.807) is 0 Å². The summed E-state index contributed by atoms with van der Waals surface area (Å²) >= 11 is 0. The lowest BCUT2D eigenvalue weighted by molar-refractivity contribution is 0.132. The molecule has 1 aromatic carbocycles. The van der Waals surface area contributed by atoms with Crippen LogP contribution in [-0.2, 0) is 0 Å². The van der Waals surface area contributed by atoms with Gasteiger partial charge in [0.15, 0.2) is 0 Å². The molecule has 1 amide bonds. The van der Waals surface area contributed by atoms with Gasteiger partial charge in [0.2, 0.25) is 0 Å². The number of amides is 1. The van der Waals surface area contributed by atoms with E-state index in [9.17, 15) is 9.90 Å². The number of rotatable bonds is 2. The zero-order valence-electron chi connectivity index (χ0n) is 9.84. The smallest absolute Gasteiger partial charge is 0.426 e. The fourth-order valence-electron chi connectivity index (χ4n) is 2.07. The third-order valence-corrected chi connectivity index (χ3v) is 2.91.